The molecule has 4 rings (SSSR count). The van der Waals surface area contributed by atoms with Gasteiger partial charge in [0, 0.05) is 30.7 Å². The lowest BCUT2D eigenvalue weighted by Gasteiger charge is -2.23. The highest BCUT2D eigenvalue weighted by Crippen LogP contribution is 2.34. The molecule has 0 bridgehead atoms. The molecule has 1 radical (unpaired) electrons. The van der Waals surface area contributed by atoms with Crippen LogP contribution in [0.3, 0.4) is 0 Å². The van der Waals surface area contributed by atoms with Crippen LogP contribution in [0.15, 0.2) is 48.6 Å². The SMILES string of the molecule is CCc1cc([CH]c2cc(C)c(N3C(=O)C=CC3=O)c(CC)c2)cc(C)c1N1C(=O)C=CC1=O. The average molecular weight is 442 g/mol. The number of carbonyl (C=O) groups is 4. The molecule has 2 heterocycles. The Morgan fingerprint density at radius 1 is 0.606 bits per heavy atom. The number of hydrogen-bond acceptors (Lipinski definition) is 4. The third kappa shape index (κ3) is 3.93. The average Bonchev–Trinajstić information content (AvgIpc) is 3.28. The monoisotopic (exact) mass is 441 g/mol. The molecular weight excluding hydrogens is 416 g/mol. The second-order valence-electron chi connectivity index (χ2n) is 8.23. The molecule has 0 saturated carbocycles. The molecule has 2 aromatic rings. The number of hydrogen-bond donors (Lipinski definition) is 0. The van der Waals surface area contributed by atoms with Crippen molar-refractivity contribution in [3.63, 3.8) is 0 Å². The van der Waals surface area contributed by atoms with Crippen LogP contribution in [0, 0.1) is 20.3 Å². The zero-order valence-electron chi connectivity index (χ0n) is 19.1. The van der Waals surface area contributed by atoms with Crippen molar-refractivity contribution in [1.29, 1.82) is 0 Å². The zero-order valence-corrected chi connectivity index (χ0v) is 19.1. The van der Waals surface area contributed by atoms with Crippen LogP contribution < -0.4 is 9.80 Å². The number of aryl methyl sites for hydroxylation is 4. The van der Waals surface area contributed by atoms with Crippen LogP contribution in [0.5, 0.6) is 0 Å². The quantitative estimate of drug-likeness (QED) is 0.638. The molecule has 0 unspecified atom stereocenters. The highest BCUT2D eigenvalue weighted by molar-refractivity contribution is 6.29. The van der Waals surface area contributed by atoms with Crippen LogP contribution in [-0.2, 0) is 32.0 Å². The summed E-state index contributed by atoms with van der Waals surface area (Å²) < 4.78 is 0. The molecule has 0 aromatic heterocycles. The molecule has 4 amide bonds. The van der Waals surface area contributed by atoms with E-state index < -0.39 is 0 Å². The second kappa shape index (κ2) is 8.62. The summed E-state index contributed by atoms with van der Waals surface area (Å²) in [5.41, 5.74) is 6.70. The van der Waals surface area contributed by atoms with E-state index in [1.165, 1.54) is 34.1 Å². The predicted molar refractivity (Wildman–Crippen MR) is 127 cm³/mol. The van der Waals surface area contributed by atoms with Crippen LogP contribution in [-0.4, -0.2) is 23.6 Å². The molecule has 0 saturated heterocycles. The summed E-state index contributed by atoms with van der Waals surface area (Å²) in [5, 5.41) is 0. The van der Waals surface area contributed by atoms with Crippen LogP contribution >= 0.6 is 0 Å². The maximum Gasteiger partial charge on any atom is 0.258 e. The lowest BCUT2D eigenvalue weighted by Crippen LogP contribution is -2.31. The van der Waals surface area contributed by atoms with Crippen molar-refractivity contribution in [3.8, 4) is 0 Å². The Morgan fingerprint density at radius 2 is 0.939 bits per heavy atom. The molecule has 0 aliphatic carbocycles. The van der Waals surface area contributed by atoms with E-state index in [-0.39, 0.29) is 23.6 Å². The summed E-state index contributed by atoms with van der Waals surface area (Å²) in [6.45, 7) is 7.78. The third-order valence-corrected chi connectivity index (χ3v) is 5.96. The van der Waals surface area contributed by atoms with Crippen molar-refractivity contribution >= 4 is 35.0 Å². The lowest BCUT2D eigenvalue weighted by molar-refractivity contribution is -0.121. The number of rotatable bonds is 6. The van der Waals surface area contributed by atoms with E-state index in [2.05, 4.69) is 0 Å². The van der Waals surface area contributed by atoms with E-state index in [9.17, 15) is 19.2 Å². The Balaban J connectivity index is 1.70. The largest absolute Gasteiger partial charge is 0.269 e. The number of benzene rings is 2. The molecule has 2 aliphatic rings. The first-order chi connectivity index (χ1) is 15.7. The molecule has 0 fully saturated rings. The summed E-state index contributed by atoms with van der Waals surface area (Å²) in [7, 11) is 0. The Bertz CT molecular complexity index is 1140. The number of anilines is 2. The van der Waals surface area contributed by atoms with E-state index in [0.29, 0.717) is 24.2 Å². The van der Waals surface area contributed by atoms with E-state index >= 15 is 0 Å². The standard InChI is InChI=1S/C27H25N2O4/c1-5-20-14-18(11-16(3)26(20)28-22(30)7-8-23(28)31)13-19-12-17(4)27(21(6-2)15-19)29-24(32)9-10-25(29)33/h7-15H,5-6H2,1-4H3. The van der Waals surface area contributed by atoms with Gasteiger partial charge in [0.25, 0.3) is 23.6 Å². The van der Waals surface area contributed by atoms with Gasteiger partial charge in [-0.25, -0.2) is 9.80 Å². The third-order valence-electron chi connectivity index (χ3n) is 5.96. The molecule has 0 spiro atoms. The molecule has 33 heavy (non-hydrogen) atoms. The van der Waals surface area contributed by atoms with Gasteiger partial charge < -0.3 is 0 Å². The Hall–Kier alpha value is -3.80. The first-order valence-corrected chi connectivity index (χ1v) is 11.0. The van der Waals surface area contributed by atoms with Gasteiger partial charge in [-0.15, -0.1) is 0 Å². The first kappa shape index (κ1) is 22.4. The number of nitrogens with zero attached hydrogens (tertiary/aromatic N) is 2. The fourth-order valence-electron chi connectivity index (χ4n) is 4.54. The van der Waals surface area contributed by atoms with Crippen LogP contribution in [0.1, 0.15) is 47.2 Å². The topological polar surface area (TPSA) is 74.8 Å². The molecule has 2 aliphatic heterocycles. The smallest absolute Gasteiger partial charge is 0.258 e. The summed E-state index contributed by atoms with van der Waals surface area (Å²) in [4.78, 5) is 51.4. The second-order valence-corrected chi connectivity index (χ2v) is 8.23. The minimum Gasteiger partial charge on any atom is -0.269 e. The number of imide groups is 2. The number of carbonyl (C=O) groups excluding carboxylic acids is 4. The van der Waals surface area contributed by atoms with E-state index in [1.54, 1.807) is 0 Å². The summed E-state index contributed by atoms with van der Waals surface area (Å²) in [6.07, 6.45) is 8.54. The van der Waals surface area contributed by atoms with Crippen molar-refractivity contribution in [1.82, 2.24) is 0 Å². The van der Waals surface area contributed by atoms with Gasteiger partial charge in [-0.2, -0.15) is 0 Å². The molecular formula is C27H25N2O4. The molecule has 6 heteroatoms. The molecule has 6 nitrogen and oxygen atoms in total. The minimum absolute atomic E-state index is 0.325. The van der Waals surface area contributed by atoms with Gasteiger partial charge in [0.1, 0.15) is 0 Å². The van der Waals surface area contributed by atoms with Gasteiger partial charge in [0.05, 0.1) is 11.4 Å². The van der Waals surface area contributed by atoms with Crippen molar-refractivity contribution in [2.75, 3.05) is 9.80 Å². The van der Waals surface area contributed by atoms with Crippen molar-refractivity contribution in [2.24, 2.45) is 0 Å². The van der Waals surface area contributed by atoms with Crippen LogP contribution in [0.25, 0.3) is 0 Å². The highest BCUT2D eigenvalue weighted by Gasteiger charge is 2.30. The lowest BCUT2D eigenvalue weighted by atomic mass is 9.93. The Kier molecular flexibility index (Phi) is 5.85. The molecule has 2 aromatic carbocycles. The van der Waals surface area contributed by atoms with E-state index in [0.717, 1.165) is 33.4 Å². The predicted octanol–water partition coefficient (Wildman–Crippen LogP) is 3.89. The van der Waals surface area contributed by atoms with Gasteiger partial charge in [-0.1, -0.05) is 38.1 Å². The van der Waals surface area contributed by atoms with Crippen LogP contribution in [0.2, 0.25) is 0 Å². The summed E-state index contributed by atoms with van der Waals surface area (Å²) in [6, 6.07) is 7.90. The first-order valence-electron chi connectivity index (χ1n) is 11.0. The highest BCUT2D eigenvalue weighted by atomic mass is 16.2. The fraction of sp³-hybridized carbons (Fsp3) is 0.222. The van der Waals surface area contributed by atoms with Crippen molar-refractivity contribution in [3.05, 3.63) is 88.4 Å². The van der Waals surface area contributed by atoms with E-state index in [4.69, 9.17) is 0 Å². The zero-order chi connectivity index (χ0) is 23.9. The molecule has 0 atom stereocenters. The van der Waals surface area contributed by atoms with Gasteiger partial charge in [-0.05, 0) is 60.1 Å². The maximum atomic E-state index is 12.2. The van der Waals surface area contributed by atoms with E-state index in [1.807, 2.05) is 58.4 Å². The summed E-state index contributed by atoms with van der Waals surface area (Å²) >= 11 is 0. The number of amides is 4. The van der Waals surface area contributed by atoms with Crippen molar-refractivity contribution < 1.29 is 19.2 Å². The minimum atomic E-state index is -0.325. The van der Waals surface area contributed by atoms with Gasteiger partial charge in [-0.3, -0.25) is 19.2 Å². The van der Waals surface area contributed by atoms with Gasteiger partial charge in [0.15, 0.2) is 0 Å². The van der Waals surface area contributed by atoms with Gasteiger partial charge >= 0.3 is 0 Å². The Morgan fingerprint density at radius 3 is 1.24 bits per heavy atom. The fourth-order valence-corrected chi connectivity index (χ4v) is 4.54. The molecule has 0 N–H and O–H groups in total. The normalized spacial score (nSPS) is 15.5. The summed E-state index contributed by atoms with van der Waals surface area (Å²) in [5.74, 6) is -1.30. The maximum absolute atomic E-state index is 12.2. The van der Waals surface area contributed by atoms with Crippen LogP contribution in [0.4, 0.5) is 11.4 Å². The van der Waals surface area contributed by atoms with Gasteiger partial charge in [0.2, 0.25) is 0 Å². The molecule has 167 valence electrons. The van der Waals surface area contributed by atoms with Crippen molar-refractivity contribution in [2.45, 2.75) is 40.5 Å². The Labute approximate surface area is 193 Å².